The van der Waals surface area contributed by atoms with Gasteiger partial charge in [-0.2, -0.15) is 13.2 Å². The summed E-state index contributed by atoms with van der Waals surface area (Å²) in [5, 5.41) is 8.65. The summed E-state index contributed by atoms with van der Waals surface area (Å²) in [7, 11) is 0. The smallest absolute Gasteiger partial charge is 0.404 e. The second-order valence-corrected chi connectivity index (χ2v) is 3.72. The highest BCUT2D eigenvalue weighted by molar-refractivity contribution is 5.75. The van der Waals surface area contributed by atoms with Crippen molar-refractivity contribution in [2.45, 2.75) is 37.9 Å². The molecule has 0 radical (unpaired) electrons. The second kappa shape index (κ2) is 3.42. The van der Waals surface area contributed by atoms with Crippen LogP contribution in [0.2, 0.25) is 0 Å². The molecule has 0 amide bonds. The van der Waals surface area contributed by atoms with E-state index < -0.39 is 30.4 Å². The highest BCUT2D eigenvalue weighted by Gasteiger charge is 2.61. The van der Waals surface area contributed by atoms with Crippen molar-refractivity contribution in [1.29, 1.82) is 0 Å². The minimum absolute atomic E-state index is 0.117. The zero-order valence-corrected chi connectivity index (χ0v) is 7.47. The summed E-state index contributed by atoms with van der Waals surface area (Å²) >= 11 is 0. The minimum Gasteiger partial charge on any atom is -0.481 e. The number of carbonyl (C=O) groups is 1. The van der Waals surface area contributed by atoms with Gasteiger partial charge in [0, 0.05) is 6.04 Å². The second-order valence-electron chi connectivity index (χ2n) is 3.72. The third kappa shape index (κ3) is 1.70. The van der Waals surface area contributed by atoms with E-state index in [-0.39, 0.29) is 18.9 Å². The number of hydrogen-bond acceptors (Lipinski definition) is 2. The van der Waals surface area contributed by atoms with Gasteiger partial charge >= 0.3 is 12.1 Å². The van der Waals surface area contributed by atoms with Crippen LogP contribution in [0, 0.1) is 5.41 Å². The lowest BCUT2D eigenvalue weighted by molar-refractivity contribution is -0.239. The first-order valence-corrected chi connectivity index (χ1v) is 4.35. The van der Waals surface area contributed by atoms with Crippen molar-refractivity contribution in [3.63, 3.8) is 0 Å². The molecule has 0 aromatic heterocycles. The van der Waals surface area contributed by atoms with E-state index in [0.717, 1.165) is 0 Å². The number of nitrogens with two attached hydrogens (primary N) is 1. The van der Waals surface area contributed by atoms with E-state index in [1.165, 1.54) is 0 Å². The van der Waals surface area contributed by atoms with Gasteiger partial charge in [-0.25, -0.2) is 0 Å². The van der Waals surface area contributed by atoms with E-state index in [1.807, 2.05) is 0 Å². The number of halogens is 3. The average Bonchev–Trinajstić information content (AvgIpc) is 2.02. The lowest BCUT2D eigenvalue weighted by Crippen LogP contribution is -2.49. The minimum atomic E-state index is -4.68. The van der Waals surface area contributed by atoms with E-state index in [1.54, 1.807) is 0 Å². The van der Waals surface area contributed by atoms with Gasteiger partial charge in [0.25, 0.3) is 0 Å². The normalized spacial score (nSPS) is 34.1. The predicted molar refractivity (Wildman–Crippen MR) is 42.6 cm³/mol. The van der Waals surface area contributed by atoms with Crippen molar-refractivity contribution in [3.05, 3.63) is 0 Å². The molecule has 0 bridgehead atoms. The fourth-order valence-electron chi connectivity index (χ4n) is 1.75. The third-order valence-electron chi connectivity index (χ3n) is 2.84. The topological polar surface area (TPSA) is 63.3 Å². The molecule has 6 heteroatoms. The van der Waals surface area contributed by atoms with Gasteiger partial charge < -0.3 is 10.8 Å². The van der Waals surface area contributed by atoms with E-state index >= 15 is 0 Å². The maximum atomic E-state index is 12.6. The number of alkyl halides is 3. The number of aliphatic carboxylic acids is 1. The van der Waals surface area contributed by atoms with Gasteiger partial charge in [0.2, 0.25) is 0 Å². The van der Waals surface area contributed by atoms with Crippen LogP contribution in [0.5, 0.6) is 0 Å². The molecule has 0 saturated heterocycles. The van der Waals surface area contributed by atoms with Gasteiger partial charge in [-0.3, -0.25) is 4.79 Å². The zero-order chi connectivity index (χ0) is 11.0. The number of hydrogen-bond donors (Lipinski definition) is 2. The molecule has 0 unspecified atom stereocenters. The van der Waals surface area contributed by atoms with Gasteiger partial charge in [-0.1, -0.05) is 0 Å². The van der Waals surface area contributed by atoms with E-state index in [9.17, 15) is 18.0 Å². The summed E-state index contributed by atoms with van der Waals surface area (Å²) in [6.45, 7) is 0. The molecule has 0 aliphatic heterocycles. The Labute approximate surface area is 79.1 Å². The van der Waals surface area contributed by atoms with Crippen LogP contribution < -0.4 is 5.73 Å². The third-order valence-corrected chi connectivity index (χ3v) is 2.84. The molecule has 1 saturated carbocycles. The molecule has 1 aliphatic rings. The Morgan fingerprint density at radius 1 is 1.36 bits per heavy atom. The zero-order valence-electron chi connectivity index (χ0n) is 7.47. The van der Waals surface area contributed by atoms with E-state index in [2.05, 4.69) is 0 Å². The molecule has 1 aliphatic carbocycles. The Hall–Kier alpha value is -0.780. The maximum Gasteiger partial charge on any atom is 0.404 e. The van der Waals surface area contributed by atoms with Crippen LogP contribution in [0.15, 0.2) is 0 Å². The molecule has 14 heavy (non-hydrogen) atoms. The van der Waals surface area contributed by atoms with E-state index in [4.69, 9.17) is 10.8 Å². The summed E-state index contributed by atoms with van der Waals surface area (Å²) in [4.78, 5) is 10.7. The van der Waals surface area contributed by atoms with Crippen LogP contribution in [0.3, 0.4) is 0 Å². The molecule has 82 valence electrons. The molecule has 0 aromatic carbocycles. The van der Waals surface area contributed by atoms with Crippen LogP contribution in [0.1, 0.15) is 25.7 Å². The van der Waals surface area contributed by atoms with Gasteiger partial charge in [-0.15, -0.1) is 0 Å². The quantitative estimate of drug-likeness (QED) is 0.691. The van der Waals surface area contributed by atoms with Gasteiger partial charge in [0.1, 0.15) is 0 Å². The fourth-order valence-corrected chi connectivity index (χ4v) is 1.75. The van der Waals surface area contributed by atoms with Crippen LogP contribution in [-0.4, -0.2) is 23.3 Å². The van der Waals surface area contributed by atoms with Crippen molar-refractivity contribution < 1.29 is 23.1 Å². The predicted octanol–water partition coefficient (Wildman–Crippen LogP) is 1.52. The Morgan fingerprint density at radius 2 is 1.79 bits per heavy atom. The summed E-state index contributed by atoms with van der Waals surface area (Å²) in [6.07, 6.45) is -5.27. The first kappa shape index (κ1) is 11.3. The van der Waals surface area contributed by atoms with Crippen molar-refractivity contribution in [2.24, 2.45) is 11.1 Å². The van der Waals surface area contributed by atoms with Crippen molar-refractivity contribution in [1.82, 2.24) is 0 Å². The molecule has 0 heterocycles. The standard InChI is InChI=1S/C8H12F3NO2/c9-8(10,11)7(6(13)14)3-1-5(12)2-4-7/h5H,1-4,12H2,(H,13,14). The lowest BCUT2D eigenvalue weighted by atomic mass is 9.72. The largest absolute Gasteiger partial charge is 0.481 e. The molecule has 1 fully saturated rings. The lowest BCUT2D eigenvalue weighted by Gasteiger charge is -2.36. The molecular weight excluding hydrogens is 199 g/mol. The van der Waals surface area contributed by atoms with Crippen LogP contribution in [-0.2, 0) is 4.79 Å². The van der Waals surface area contributed by atoms with Gasteiger partial charge in [0.15, 0.2) is 5.41 Å². The molecule has 1 rings (SSSR count). The first-order chi connectivity index (χ1) is 6.29. The summed E-state index contributed by atoms with van der Waals surface area (Å²) in [6, 6.07) is -0.301. The number of carboxylic acid groups (broad SMARTS) is 1. The molecule has 3 N–H and O–H groups in total. The van der Waals surface area contributed by atoms with Crippen LogP contribution in [0.4, 0.5) is 13.2 Å². The summed E-state index contributed by atoms with van der Waals surface area (Å²) < 4.78 is 37.7. The molecule has 3 nitrogen and oxygen atoms in total. The highest BCUT2D eigenvalue weighted by Crippen LogP contribution is 2.48. The summed E-state index contributed by atoms with van der Waals surface area (Å²) in [5.41, 5.74) is 2.87. The first-order valence-electron chi connectivity index (χ1n) is 4.35. The monoisotopic (exact) mass is 211 g/mol. The highest BCUT2D eigenvalue weighted by atomic mass is 19.4. The number of rotatable bonds is 1. The molecule has 0 aromatic rings. The SMILES string of the molecule is NC1CCC(C(=O)O)(C(F)(F)F)CC1. The van der Waals surface area contributed by atoms with Crippen molar-refractivity contribution >= 4 is 5.97 Å². The van der Waals surface area contributed by atoms with Crippen molar-refractivity contribution in [2.75, 3.05) is 0 Å². The van der Waals surface area contributed by atoms with Crippen LogP contribution in [0.25, 0.3) is 0 Å². The van der Waals surface area contributed by atoms with E-state index in [0.29, 0.717) is 0 Å². The molecule has 0 atom stereocenters. The number of carboxylic acids is 1. The Morgan fingerprint density at radius 3 is 2.07 bits per heavy atom. The van der Waals surface area contributed by atoms with Crippen molar-refractivity contribution in [3.8, 4) is 0 Å². The van der Waals surface area contributed by atoms with Crippen LogP contribution >= 0.6 is 0 Å². The maximum absolute atomic E-state index is 12.6. The fraction of sp³-hybridized carbons (Fsp3) is 0.875. The average molecular weight is 211 g/mol. The Bertz CT molecular complexity index is 231. The Kier molecular flexibility index (Phi) is 2.76. The summed E-state index contributed by atoms with van der Waals surface area (Å²) in [5.74, 6) is -1.78. The Balaban J connectivity index is 2.90. The molecular formula is C8H12F3NO2. The van der Waals surface area contributed by atoms with Gasteiger partial charge in [-0.05, 0) is 25.7 Å². The van der Waals surface area contributed by atoms with Gasteiger partial charge in [0.05, 0.1) is 0 Å². The molecule has 0 spiro atoms.